The lowest BCUT2D eigenvalue weighted by molar-refractivity contribution is -0.142. The normalized spacial score (nSPS) is 9.94. The van der Waals surface area contributed by atoms with Crippen molar-refractivity contribution in [2.45, 2.75) is 20.3 Å². The fourth-order valence-electron chi connectivity index (χ4n) is 1.43. The molecule has 0 aromatic heterocycles. The summed E-state index contributed by atoms with van der Waals surface area (Å²) in [5.41, 5.74) is 0.611. The molecule has 5 heteroatoms. The maximum Gasteiger partial charge on any atom is 0.307 e. The van der Waals surface area contributed by atoms with E-state index >= 15 is 0 Å². The van der Waals surface area contributed by atoms with Crippen LogP contribution in [0, 0.1) is 5.82 Å². The minimum Gasteiger partial charge on any atom is -0.491 e. The number of nitrogens with one attached hydrogen (secondary N) is 1. The standard InChI is InChI=1S/C13H18FNO3/c1-3-17-12-6-5-10(9-11(12)14)15-8-7-13(16)18-4-2/h5-6,9,15H,3-4,7-8H2,1-2H3. The van der Waals surface area contributed by atoms with Crippen LogP contribution in [0.15, 0.2) is 18.2 Å². The summed E-state index contributed by atoms with van der Waals surface area (Å²) < 4.78 is 23.4. The third kappa shape index (κ3) is 4.61. The van der Waals surface area contributed by atoms with Gasteiger partial charge in [0.15, 0.2) is 11.6 Å². The third-order valence-electron chi connectivity index (χ3n) is 2.20. The Morgan fingerprint density at radius 3 is 2.72 bits per heavy atom. The summed E-state index contributed by atoms with van der Waals surface area (Å²) in [4.78, 5) is 11.1. The van der Waals surface area contributed by atoms with Gasteiger partial charge >= 0.3 is 5.97 Å². The maximum absolute atomic E-state index is 13.5. The van der Waals surface area contributed by atoms with Crippen molar-refractivity contribution < 1.29 is 18.7 Å². The molecule has 0 radical (unpaired) electrons. The molecular weight excluding hydrogens is 237 g/mol. The van der Waals surface area contributed by atoms with E-state index in [1.807, 2.05) is 0 Å². The first-order chi connectivity index (χ1) is 8.67. The van der Waals surface area contributed by atoms with Gasteiger partial charge in [0.1, 0.15) is 0 Å². The number of hydrogen-bond acceptors (Lipinski definition) is 4. The topological polar surface area (TPSA) is 47.6 Å². The van der Waals surface area contributed by atoms with Crippen molar-refractivity contribution in [3.8, 4) is 5.75 Å². The van der Waals surface area contributed by atoms with Gasteiger partial charge in [0.2, 0.25) is 0 Å². The predicted octanol–water partition coefficient (Wildman–Crippen LogP) is 2.59. The monoisotopic (exact) mass is 255 g/mol. The van der Waals surface area contributed by atoms with E-state index in [4.69, 9.17) is 9.47 Å². The zero-order chi connectivity index (χ0) is 13.4. The van der Waals surface area contributed by atoms with Gasteiger partial charge in [0, 0.05) is 18.3 Å². The second-order valence-corrected chi connectivity index (χ2v) is 3.56. The molecule has 0 aliphatic heterocycles. The lowest BCUT2D eigenvalue weighted by Crippen LogP contribution is -2.11. The van der Waals surface area contributed by atoms with Gasteiger partial charge in [0.25, 0.3) is 0 Å². The number of hydrogen-bond donors (Lipinski definition) is 1. The summed E-state index contributed by atoms with van der Waals surface area (Å²) in [5, 5.41) is 2.95. The molecular formula is C13H18FNO3. The molecule has 0 saturated carbocycles. The van der Waals surface area contributed by atoms with Crippen molar-refractivity contribution in [3.63, 3.8) is 0 Å². The van der Waals surface area contributed by atoms with E-state index in [0.717, 1.165) is 0 Å². The molecule has 0 spiro atoms. The zero-order valence-electron chi connectivity index (χ0n) is 10.7. The number of benzene rings is 1. The fraction of sp³-hybridized carbons (Fsp3) is 0.462. The summed E-state index contributed by atoms with van der Waals surface area (Å²) in [6.07, 6.45) is 0.253. The fourth-order valence-corrected chi connectivity index (χ4v) is 1.43. The van der Waals surface area contributed by atoms with Crippen molar-refractivity contribution >= 4 is 11.7 Å². The summed E-state index contributed by atoms with van der Waals surface area (Å²) in [6, 6.07) is 4.61. The van der Waals surface area contributed by atoms with Crippen LogP contribution in [0.1, 0.15) is 20.3 Å². The highest BCUT2D eigenvalue weighted by Crippen LogP contribution is 2.20. The molecule has 1 aromatic carbocycles. The number of carbonyl (C=O) groups excluding carboxylic acids is 1. The molecule has 0 fully saturated rings. The van der Waals surface area contributed by atoms with Crippen molar-refractivity contribution in [2.24, 2.45) is 0 Å². The van der Waals surface area contributed by atoms with Gasteiger partial charge in [-0.1, -0.05) is 0 Å². The van der Waals surface area contributed by atoms with Crippen LogP contribution >= 0.6 is 0 Å². The van der Waals surface area contributed by atoms with Crippen LogP contribution in [-0.4, -0.2) is 25.7 Å². The molecule has 1 aromatic rings. The summed E-state index contributed by atoms with van der Waals surface area (Å²) in [5.74, 6) is -0.456. The van der Waals surface area contributed by atoms with Crippen LogP contribution in [0.4, 0.5) is 10.1 Å². The second kappa shape index (κ2) is 7.53. The van der Waals surface area contributed by atoms with Crippen molar-refractivity contribution in [1.29, 1.82) is 0 Å². The van der Waals surface area contributed by atoms with Crippen molar-refractivity contribution in [3.05, 3.63) is 24.0 Å². The Hall–Kier alpha value is -1.78. The number of halogens is 1. The molecule has 0 bridgehead atoms. The first-order valence-corrected chi connectivity index (χ1v) is 5.99. The summed E-state index contributed by atoms with van der Waals surface area (Å²) in [7, 11) is 0. The highest BCUT2D eigenvalue weighted by Gasteiger charge is 2.05. The van der Waals surface area contributed by atoms with Crippen LogP contribution in [0.2, 0.25) is 0 Å². The van der Waals surface area contributed by atoms with Gasteiger partial charge in [-0.3, -0.25) is 4.79 Å². The largest absolute Gasteiger partial charge is 0.491 e. The first kappa shape index (κ1) is 14.3. The molecule has 4 nitrogen and oxygen atoms in total. The molecule has 100 valence electrons. The Morgan fingerprint density at radius 1 is 1.33 bits per heavy atom. The molecule has 0 unspecified atom stereocenters. The smallest absolute Gasteiger partial charge is 0.307 e. The average molecular weight is 255 g/mol. The minimum atomic E-state index is -0.419. The molecule has 0 saturated heterocycles. The van der Waals surface area contributed by atoms with Crippen LogP contribution in [0.25, 0.3) is 0 Å². The van der Waals surface area contributed by atoms with Crippen LogP contribution < -0.4 is 10.1 Å². The van der Waals surface area contributed by atoms with E-state index in [-0.39, 0.29) is 18.1 Å². The molecule has 0 atom stereocenters. The first-order valence-electron chi connectivity index (χ1n) is 5.99. The number of rotatable bonds is 7. The number of anilines is 1. The molecule has 0 heterocycles. The number of esters is 1. The van der Waals surface area contributed by atoms with Crippen LogP contribution in [0.5, 0.6) is 5.75 Å². The highest BCUT2D eigenvalue weighted by atomic mass is 19.1. The maximum atomic E-state index is 13.5. The van der Waals surface area contributed by atoms with E-state index < -0.39 is 5.82 Å². The molecule has 0 aliphatic rings. The Balaban J connectivity index is 2.43. The number of carbonyl (C=O) groups is 1. The molecule has 1 rings (SSSR count). The van der Waals surface area contributed by atoms with E-state index in [9.17, 15) is 9.18 Å². The third-order valence-corrected chi connectivity index (χ3v) is 2.20. The molecule has 0 aliphatic carbocycles. The quantitative estimate of drug-likeness (QED) is 0.761. The van der Waals surface area contributed by atoms with Crippen molar-refractivity contribution in [1.82, 2.24) is 0 Å². The van der Waals surface area contributed by atoms with Gasteiger partial charge in [-0.05, 0) is 26.0 Å². The zero-order valence-corrected chi connectivity index (χ0v) is 10.7. The predicted molar refractivity (Wildman–Crippen MR) is 67.3 cm³/mol. The number of ether oxygens (including phenoxy) is 2. The highest BCUT2D eigenvalue weighted by molar-refractivity contribution is 5.70. The average Bonchev–Trinajstić information content (AvgIpc) is 2.33. The van der Waals surface area contributed by atoms with Gasteiger partial charge in [0.05, 0.1) is 19.6 Å². The van der Waals surface area contributed by atoms with Crippen LogP contribution in [-0.2, 0) is 9.53 Å². The Morgan fingerprint density at radius 2 is 2.11 bits per heavy atom. The minimum absolute atomic E-state index is 0.230. The molecule has 18 heavy (non-hydrogen) atoms. The SMILES string of the molecule is CCOC(=O)CCNc1ccc(OCC)c(F)c1. The van der Waals surface area contributed by atoms with E-state index in [1.54, 1.807) is 26.0 Å². The van der Waals surface area contributed by atoms with Gasteiger partial charge in [-0.15, -0.1) is 0 Å². The Kier molecular flexibility index (Phi) is 5.97. The van der Waals surface area contributed by atoms with Crippen LogP contribution in [0.3, 0.4) is 0 Å². The lowest BCUT2D eigenvalue weighted by atomic mass is 10.3. The van der Waals surface area contributed by atoms with Crippen molar-refractivity contribution in [2.75, 3.05) is 25.1 Å². The summed E-state index contributed by atoms with van der Waals surface area (Å²) >= 11 is 0. The van der Waals surface area contributed by atoms with Gasteiger partial charge in [-0.25, -0.2) is 4.39 Å². The second-order valence-electron chi connectivity index (χ2n) is 3.56. The molecule has 1 N–H and O–H groups in total. The Bertz CT molecular complexity index is 396. The van der Waals surface area contributed by atoms with E-state index in [2.05, 4.69) is 5.32 Å². The lowest BCUT2D eigenvalue weighted by Gasteiger charge is -2.09. The van der Waals surface area contributed by atoms with Gasteiger partial charge < -0.3 is 14.8 Å². The van der Waals surface area contributed by atoms with E-state index in [1.165, 1.54) is 6.07 Å². The Labute approximate surface area is 106 Å². The van der Waals surface area contributed by atoms with Gasteiger partial charge in [-0.2, -0.15) is 0 Å². The summed E-state index contributed by atoms with van der Waals surface area (Å²) in [6.45, 7) is 4.76. The molecule has 0 amide bonds. The van der Waals surface area contributed by atoms with E-state index in [0.29, 0.717) is 25.4 Å².